The summed E-state index contributed by atoms with van der Waals surface area (Å²) in [6.07, 6.45) is 2.88. The monoisotopic (exact) mass is 331 g/mol. The van der Waals surface area contributed by atoms with Crippen LogP contribution in [-0.2, 0) is 16.1 Å². The van der Waals surface area contributed by atoms with Crippen molar-refractivity contribution < 1.29 is 9.59 Å². The zero-order chi connectivity index (χ0) is 17.2. The molecule has 0 unspecified atom stereocenters. The molecule has 1 aliphatic rings. The Morgan fingerprint density at radius 3 is 2.42 bits per heavy atom. The van der Waals surface area contributed by atoms with Crippen LogP contribution in [0.15, 0.2) is 30.3 Å². The molecule has 2 amide bonds. The normalized spacial score (nSPS) is 15.3. The van der Waals surface area contributed by atoms with E-state index in [4.69, 9.17) is 0 Å². The highest BCUT2D eigenvalue weighted by atomic mass is 16.2. The van der Waals surface area contributed by atoms with Crippen LogP contribution in [0, 0.1) is 0 Å². The van der Waals surface area contributed by atoms with Gasteiger partial charge < -0.3 is 10.2 Å². The third-order valence-corrected chi connectivity index (χ3v) is 4.39. The first-order valence-electron chi connectivity index (χ1n) is 8.99. The van der Waals surface area contributed by atoms with Crippen LogP contribution in [0.2, 0.25) is 0 Å². The fraction of sp³-hybridized carbons (Fsp3) is 0.579. The van der Waals surface area contributed by atoms with Gasteiger partial charge in [-0.05, 0) is 12.0 Å². The minimum atomic E-state index is 0.0531. The van der Waals surface area contributed by atoms with Gasteiger partial charge in [0.25, 0.3) is 0 Å². The SMILES string of the molecule is CCCCC(=O)NCCC(=O)N1CCN(Cc2ccccc2)CC1. The number of hydrogen-bond acceptors (Lipinski definition) is 3. The Kier molecular flexibility index (Phi) is 7.75. The summed E-state index contributed by atoms with van der Waals surface area (Å²) in [7, 11) is 0. The zero-order valence-corrected chi connectivity index (χ0v) is 14.7. The Balaban J connectivity index is 1.63. The van der Waals surface area contributed by atoms with Gasteiger partial charge in [-0.15, -0.1) is 0 Å². The van der Waals surface area contributed by atoms with Gasteiger partial charge in [-0.3, -0.25) is 14.5 Å². The first-order chi connectivity index (χ1) is 11.7. The number of unbranched alkanes of at least 4 members (excludes halogenated alkanes) is 1. The molecule has 2 rings (SSSR count). The van der Waals surface area contributed by atoms with Gasteiger partial charge in [-0.25, -0.2) is 0 Å². The van der Waals surface area contributed by atoms with Gasteiger partial charge in [0.15, 0.2) is 0 Å². The van der Waals surface area contributed by atoms with Gasteiger partial charge in [0.2, 0.25) is 11.8 Å². The molecule has 1 saturated heterocycles. The lowest BCUT2D eigenvalue weighted by atomic mass is 10.2. The quantitative estimate of drug-likeness (QED) is 0.793. The summed E-state index contributed by atoms with van der Waals surface area (Å²) in [5, 5.41) is 2.83. The molecule has 0 aromatic heterocycles. The molecule has 1 aliphatic heterocycles. The molecule has 1 heterocycles. The average molecular weight is 331 g/mol. The van der Waals surface area contributed by atoms with Crippen LogP contribution in [0.25, 0.3) is 0 Å². The molecular formula is C19H29N3O2. The summed E-state index contributed by atoms with van der Waals surface area (Å²) in [5.41, 5.74) is 1.31. The molecule has 0 saturated carbocycles. The van der Waals surface area contributed by atoms with Crippen molar-refractivity contribution in [3.8, 4) is 0 Å². The van der Waals surface area contributed by atoms with Crippen molar-refractivity contribution in [2.75, 3.05) is 32.7 Å². The van der Waals surface area contributed by atoms with E-state index in [0.29, 0.717) is 19.4 Å². The maximum atomic E-state index is 12.2. The van der Waals surface area contributed by atoms with Crippen LogP contribution < -0.4 is 5.32 Å². The number of nitrogens with zero attached hydrogens (tertiary/aromatic N) is 2. The summed E-state index contributed by atoms with van der Waals surface area (Å²) in [6.45, 7) is 6.81. The van der Waals surface area contributed by atoms with Gasteiger partial charge in [-0.2, -0.15) is 0 Å². The smallest absolute Gasteiger partial charge is 0.224 e. The molecule has 1 aromatic carbocycles. The second-order valence-electron chi connectivity index (χ2n) is 6.35. The second-order valence-corrected chi connectivity index (χ2v) is 6.35. The van der Waals surface area contributed by atoms with E-state index in [0.717, 1.165) is 45.6 Å². The van der Waals surface area contributed by atoms with Gasteiger partial charge >= 0.3 is 0 Å². The minimum absolute atomic E-state index is 0.0531. The van der Waals surface area contributed by atoms with Crippen LogP contribution >= 0.6 is 0 Å². The van der Waals surface area contributed by atoms with Crippen molar-refractivity contribution >= 4 is 11.8 Å². The first kappa shape index (κ1) is 18.5. The van der Waals surface area contributed by atoms with Crippen molar-refractivity contribution in [1.29, 1.82) is 0 Å². The summed E-state index contributed by atoms with van der Waals surface area (Å²) in [4.78, 5) is 28.0. The van der Waals surface area contributed by atoms with E-state index in [1.165, 1.54) is 5.56 Å². The number of carbonyl (C=O) groups is 2. The van der Waals surface area contributed by atoms with E-state index >= 15 is 0 Å². The Morgan fingerprint density at radius 2 is 1.75 bits per heavy atom. The number of rotatable bonds is 8. The van der Waals surface area contributed by atoms with Crippen LogP contribution in [0.4, 0.5) is 0 Å². The lowest BCUT2D eigenvalue weighted by molar-refractivity contribution is -0.133. The molecular weight excluding hydrogens is 302 g/mol. The molecule has 5 nitrogen and oxygen atoms in total. The third-order valence-electron chi connectivity index (χ3n) is 4.39. The molecule has 0 spiro atoms. The van der Waals surface area contributed by atoms with E-state index < -0.39 is 0 Å². The lowest BCUT2D eigenvalue weighted by Gasteiger charge is -2.34. The Morgan fingerprint density at radius 1 is 1.04 bits per heavy atom. The van der Waals surface area contributed by atoms with Gasteiger partial charge in [0.05, 0.1) is 0 Å². The number of piperazine rings is 1. The molecule has 132 valence electrons. The predicted octanol–water partition coefficient (Wildman–Crippen LogP) is 2.03. The molecule has 5 heteroatoms. The highest BCUT2D eigenvalue weighted by Gasteiger charge is 2.20. The molecule has 0 aliphatic carbocycles. The van der Waals surface area contributed by atoms with Crippen LogP contribution in [0.5, 0.6) is 0 Å². The van der Waals surface area contributed by atoms with Crippen LogP contribution in [-0.4, -0.2) is 54.3 Å². The van der Waals surface area contributed by atoms with Crippen molar-refractivity contribution in [3.05, 3.63) is 35.9 Å². The van der Waals surface area contributed by atoms with E-state index in [1.54, 1.807) is 0 Å². The second kappa shape index (κ2) is 10.1. The van der Waals surface area contributed by atoms with E-state index in [1.807, 2.05) is 11.0 Å². The van der Waals surface area contributed by atoms with E-state index in [2.05, 4.69) is 41.4 Å². The van der Waals surface area contributed by atoms with Crippen molar-refractivity contribution in [2.24, 2.45) is 0 Å². The molecule has 0 bridgehead atoms. The topological polar surface area (TPSA) is 52.7 Å². The van der Waals surface area contributed by atoms with Crippen LogP contribution in [0.3, 0.4) is 0 Å². The highest BCUT2D eigenvalue weighted by Crippen LogP contribution is 2.09. The Bertz CT molecular complexity index is 511. The summed E-state index contributed by atoms with van der Waals surface area (Å²) in [6, 6.07) is 10.4. The summed E-state index contributed by atoms with van der Waals surface area (Å²) in [5.74, 6) is 0.197. The van der Waals surface area contributed by atoms with E-state index in [9.17, 15) is 9.59 Å². The van der Waals surface area contributed by atoms with Crippen LogP contribution in [0.1, 0.15) is 38.2 Å². The molecule has 24 heavy (non-hydrogen) atoms. The maximum absolute atomic E-state index is 12.2. The third kappa shape index (κ3) is 6.32. The molecule has 0 radical (unpaired) electrons. The number of carbonyl (C=O) groups excluding carboxylic acids is 2. The average Bonchev–Trinajstić information content (AvgIpc) is 2.61. The summed E-state index contributed by atoms with van der Waals surface area (Å²) >= 11 is 0. The largest absolute Gasteiger partial charge is 0.356 e. The highest BCUT2D eigenvalue weighted by molar-refractivity contribution is 5.79. The van der Waals surface area contributed by atoms with Gasteiger partial charge in [0, 0.05) is 52.1 Å². The van der Waals surface area contributed by atoms with E-state index in [-0.39, 0.29) is 11.8 Å². The number of benzene rings is 1. The molecule has 1 aromatic rings. The lowest BCUT2D eigenvalue weighted by Crippen LogP contribution is -2.48. The van der Waals surface area contributed by atoms with Gasteiger partial charge in [-0.1, -0.05) is 43.7 Å². The Labute approximate surface area is 145 Å². The molecule has 0 atom stereocenters. The number of hydrogen-bond donors (Lipinski definition) is 1. The van der Waals surface area contributed by atoms with Crippen molar-refractivity contribution in [1.82, 2.24) is 15.1 Å². The predicted molar refractivity (Wildman–Crippen MR) is 95.5 cm³/mol. The standard InChI is InChI=1S/C19H29N3O2/c1-2-3-9-18(23)20-11-10-19(24)22-14-12-21(13-15-22)16-17-7-5-4-6-8-17/h4-8H,2-3,9-16H2,1H3,(H,20,23). The number of amides is 2. The van der Waals surface area contributed by atoms with Gasteiger partial charge in [0.1, 0.15) is 0 Å². The fourth-order valence-corrected chi connectivity index (χ4v) is 2.89. The Hall–Kier alpha value is -1.88. The number of nitrogens with one attached hydrogen (secondary N) is 1. The first-order valence-corrected chi connectivity index (χ1v) is 8.99. The maximum Gasteiger partial charge on any atom is 0.224 e. The summed E-state index contributed by atoms with van der Waals surface area (Å²) < 4.78 is 0. The fourth-order valence-electron chi connectivity index (χ4n) is 2.89. The molecule has 1 N–H and O–H groups in total. The molecule has 1 fully saturated rings. The van der Waals surface area contributed by atoms with Crippen molar-refractivity contribution in [3.63, 3.8) is 0 Å². The zero-order valence-electron chi connectivity index (χ0n) is 14.7. The van der Waals surface area contributed by atoms with Crippen molar-refractivity contribution in [2.45, 2.75) is 39.2 Å². The minimum Gasteiger partial charge on any atom is -0.356 e.